The van der Waals surface area contributed by atoms with Crippen LogP contribution in [0.2, 0.25) is 0 Å². The van der Waals surface area contributed by atoms with Gasteiger partial charge in [-0.05, 0) is 48.2 Å². The lowest BCUT2D eigenvalue weighted by atomic mass is 10.1. The van der Waals surface area contributed by atoms with E-state index in [9.17, 15) is 9.59 Å². The van der Waals surface area contributed by atoms with Gasteiger partial charge in [0.25, 0.3) is 5.56 Å². The van der Waals surface area contributed by atoms with Crippen molar-refractivity contribution in [3.63, 3.8) is 0 Å². The molecule has 1 fully saturated rings. The SMILES string of the molecule is COc1cccc(CNC(=O)NC2CCN(c3nc4cccnc4n(Cc4ccccc4)c3=O)CC2)c1. The van der Waals surface area contributed by atoms with E-state index in [1.165, 1.54) is 0 Å². The van der Waals surface area contributed by atoms with E-state index in [0.717, 1.165) is 29.7 Å². The van der Waals surface area contributed by atoms with Gasteiger partial charge in [-0.15, -0.1) is 0 Å². The summed E-state index contributed by atoms with van der Waals surface area (Å²) in [6.07, 6.45) is 3.12. The van der Waals surface area contributed by atoms with E-state index in [1.54, 1.807) is 17.9 Å². The minimum atomic E-state index is -0.207. The van der Waals surface area contributed by atoms with Gasteiger partial charge in [0.15, 0.2) is 11.5 Å². The number of piperidine rings is 1. The first-order chi connectivity index (χ1) is 18.1. The van der Waals surface area contributed by atoms with Crippen LogP contribution in [0, 0.1) is 0 Å². The first kappa shape index (κ1) is 24.3. The van der Waals surface area contributed by atoms with Crippen molar-refractivity contribution in [3.8, 4) is 5.75 Å². The number of aromatic nitrogens is 3. The Morgan fingerprint density at radius 3 is 2.59 bits per heavy atom. The molecule has 5 rings (SSSR count). The van der Waals surface area contributed by atoms with Crippen molar-refractivity contribution in [3.05, 3.63) is 94.4 Å². The molecule has 0 aliphatic carbocycles. The molecule has 9 nitrogen and oxygen atoms in total. The molecule has 0 radical (unpaired) electrons. The molecule has 1 aliphatic heterocycles. The number of benzene rings is 2. The van der Waals surface area contributed by atoms with Gasteiger partial charge in [0.2, 0.25) is 0 Å². The highest BCUT2D eigenvalue weighted by Crippen LogP contribution is 2.19. The number of methoxy groups -OCH3 is 1. The Kier molecular flexibility index (Phi) is 7.30. The minimum Gasteiger partial charge on any atom is -0.497 e. The van der Waals surface area contributed by atoms with Crippen molar-refractivity contribution in [2.24, 2.45) is 0 Å². The first-order valence-electron chi connectivity index (χ1n) is 12.4. The molecule has 2 aromatic heterocycles. The van der Waals surface area contributed by atoms with Gasteiger partial charge >= 0.3 is 6.03 Å². The normalized spacial score (nSPS) is 13.9. The summed E-state index contributed by atoms with van der Waals surface area (Å²) in [5, 5.41) is 5.96. The molecule has 37 heavy (non-hydrogen) atoms. The number of hydrogen-bond acceptors (Lipinski definition) is 6. The molecule has 0 saturated carbocycles. The van der Waals surface area contributed by atoms with E-state index < -0.39 is 0 Å². The van der Waals surface area contributed by atoms with Gasteiger partial charge in [0.05, 0.1) is 13.7 Å². The zero-order valence-electron chi connectivity index (χ0n) is 20.8. The third kappa shape index (κ3) is 5.72. The highest BCUT2D eigenvalue weighted by molar-refractivity contribution is 5.74. The van der Waals surface area contributed by atoms with E-state index >= 15 is 0 Å². The monoisotopic (exact) mass is 498 g/mol. The molecular formula is C28H30N6O3. The van der Waals surface area contributed by atoms with Gasteiger partial charge < -0.3 is 20.3 Å². The molecule has 1 aliphatic rings. The quantitative estimate of drug-likeness (QED) is 0.405. The van der Waals surface area contributed by atoms with Crippen LogP contribution in [-0.2, 0) is 13.1 Å². The Labute approximate surface area is 215 Å². The summed E-state index contributed by atoms with van der Waals surface area (Å²) in [6, 6.07) is 21.0. The number of anilines is 1. The number of ether oxygens (including phenoxy) is 1. The van der Waals surface area contributed by atoms with Crippen LogP contribution in [-0.4, -0.2) is 46.8 Å². The minimum absolute atomic E-state index is 0.0234. The highest BCUT2D eigenvalue weighted by atomic mass is 16.5. The average molecular weight is 499 g/mol. The molecule has 2 aromatic carbocycles. The van der Waals surface area contributed by atoms with Crippen LogP contribution in [0.3, 0.4) is 0 Å². The Morgan fingerprint density at radius 2 is 1.81 bits per heavy atom. The zero-order chi connectivity index (χ0) is 25.6. The molecule has 0 atom stereocenters. The maximum atomic E-state index is 13.5. The summed E-state index contributed by atoms with van der Waals surface area (Å²) in [6.45, 7) is 2.09. The summed E-state index contributed by atoms with van der Waals surface area (Å²) in [5.41, 5.74) is 3.09. The largest absolute Gasteiger partial charge is 0.497 e. The number of amides is 2. The van der Waals surface area contributed by atoms with Gasteiger partial charge in [-0.1, -0.05) is 42.5 Å². The second-order valence-electron chi connectivity index (χ2n) is 9.10. The summed E-state index contributed by atoms with van der Waals surface area (Å²) in [7, 11) is 1.62. The van der Waals surface area contributed by atoms with E-state index in [-0.39, 0.29) is 17.6 Å². The smallest absolute Gasteiger partial charge is 0.315 e. The van der Waals surface area contributed by atoms with Gasteiger partial charge in [0.1, 0.15) is 11.3 Å². The third-order valence-electron chi connectivity index (χ3n) is 6.58. The lowest BCUT2D eigenvalue weighted by molar-refractivity contribution is 0.234. The number of pyridine rings is 1. The number of nitrogens with zero attached hydrogens (tertiary/aromatic N) is 4. The van der Waals surface area contributed by atoms with Crippen molar-refractivity contribution in [1.82, 2.24) is 25.2 Å². The fourth-order valence-electron chi connectivity index (χ4n) is 4.62. The van der Waals surface area contributed by atoms with Crippen molar-refractivity contribution in [2.75, 3.05) is 25.1 Å². The fourth-order valence-corrected chi connectivity index (χ4v) is 4.62. The molecule has 1 saturated heterocycles. The molecule has 190 valence electrons. The number of rotatable bonds is 7. The zero-order valence-corrected chi connectivity index (χ0v) is 20.8. The topological polar surface area (TPSA) is 101 Å². The third-order valence-corrected chi connectivity index (χ3v) is 6.58. The molecule has 2 amide bonds. The molecule has 0 spiro atoms. The predicted molar refractivity (Wildman–Crippen MR) is 143 cm³/mol. The summed E-state index contributed by atoms with van der Waals surface area (Å²) in [5.74, 6) is 1.19. The summed E-state index contributed by atoms with van der Waals surface area (Å²) >= 11 is 0. The number of nitrogens with one attached hydrogen (secondary N) is 2. The van der Waals surface area contributed by atoms with E-state index in [2.05, 4.69) is 20.6 Å². The number of hydrogen-bond donors (Lipinski definition) is 2. The van der Waals surface area contributed by atoms with Gasteiger partial charge in [-0.25, -0.2) is 14.8 Å². The molecule has 3 heterocycles. The number of carbonyl (C=O) groups is 1. The average Bonchev–Trinajstić information content (AvgIpc) is 2.94. The maximum absolute atomic E-state index is 13.5. The van der Waals surface area contributed by atoms with Crippen LogP contribution < -0.4 is 25.8 Å². The standard InChI is InChI=1S/C28H30N6O3/c1-37-23-10-5-9-21(17-23)18-30-28(36)31-22-12-15-33(16-13-22)26-27(35)34(19-20-7-3-2-4-8-20)25-24(32-26)11-6-14-29-25/h2-11,14,17,22H,12-13,15-16,18-19H2,1H3,(H2,30,31,36). The Hall–Kier alpha value is -4.40. The van der Waals surface area contributed by atoms with Crippen LogP contribution in [0.1, 0.15) is 24.0 Å². The van der Waals surface area contributed by atoms with Crippen LogP contribution in [0.15, 0.2) is 77.7 Å². The van der Waals surface area contributed by atoms with Crippen LogP contribution in [0.4, 0.5) is 10.6 Å². The summed E-state index contributed by atoms with van der Waals surface area (Å²) in [4.78, 5) is 37.2. The number of fused-ring (bicyclic) bond motifs is 1. The van der Waals surface area contributed by atoms with Crippen LogP contribution >= 0.6 is 0 Å². The molecule has 0 bridgehead atoms. The van der Waals surface area contributed by atoms with Gasteiger partial charge in [0, 0.05) is 31.9 Å². The Bertz CT molecular complexity index is 1430. The van der Waals surface area contributed by atoms with Crippen molar-refractivity contribution in [2.45, 2.75) is 32.0 Å². The Morgan fingerprint density at radius 1 is 1.03 bits per heavy atom. The number of carbonyl (C=O) groups excluding carboxylic acids is 1. The van der Waals surface area contributed by atoms with Crippen molar-refractivity contribution >= 4 is 23.0 Å². The molecule has 9 heteroatoms. The Balaban J connectivity index is 1.24. The van der Waals surface area contributed by atoms with Crippen LogP contribution in [0.25, 0.3) is 11.2 Å². The fraction of sp³-hybridized carbons (Fsp3) is 0.286. The van der Waals surface area contributed by atoms with Crippen LogP contribution in [0.5, 0.6) is 5.75 Å². The van der Waals surface area contributed by atoms with Crippen molar-refractivity contribution in [1.29, 1.82) is 0 Å². The van der Waals surface area contributed by atoms with Gasteiger partial charge in [-0.3, -0.25) is 9.36 Å². The summed E-state index contributed by atoms with van der Waals surface area (Å²) < 4.78 is 6.93. The maximum Gasteiger partial charge on any atom is 0.315 e. The number of urea groups is 1. The first-order valence-corrected chi connectivity index (χ1v) is 12.4. The van der Waals surface area contributed by atoms with Gasteiger partial charge in [-0.2, -0.15) is 0 Å². The van der Waals surface area contributed by atoms with E-state index in [0.29, 0.717) is 43.2 Å². The molecule has 2 N–H and O–H groups in total. The van der Waals surface area contributed by atoms with E-state index in [4.69, 9.17) is 4.74 Å². The second kappa shape index (κ2) is 11.1. The van der Waals surface area contributed by atoms with Crippen molar-refractivity contribution < 1.29 is 9.53 Å². The molecular weight excluding hydrogens is 468 g/mol. The highest BCUT2D eigenvalue weighted by Gasteiger charge is 2.25. The molecule has 0 unspecified atom stereocenters. The van der Waals surface area contributed by atoms with E-state index in [1.807, 2.05) is 71.6 Å². The lowest BCUT2D eigenvalue weighted by Gasteiger charge is -2.33. The predicted octanol–water partition coefficient (Wildman–Crippen LogP) is 3.32. The lowest BCUT2D eigenvalue weighted by Crippen LogP contribution is -2.49. The molecule has 4 aromatic rings. The second-order valence-corrected chi connectivity index (χ2v) is 9.10.